The number of rotatable bonds is 3. The van der Waals surface area contributed by atoms with E-state index in [1.807, 2.05) is 19.0 Å². The Balaban J connectivity index is 0.000000486. The van der Waals surface area contributed by atoms with Gasteiger partial charge in [0, 0.05) is 13.1 Å². The first-order valence-electron chi connectivity index (χ1n) is 6.05. The molecule has 0 aromatic rings. The lowest BCUT2D eigenvalue weighted by atomic mass is 10.2. The third-order valence-corrected chi connectivity index (χ3v) is 2.50. The molecule has 0 spiro atoms. The number of alkyl halides is 3. The summed E-state index contributed by atoms with van der Waals surface area (Å²) in [4.78, 5) is 24.3. The Kier molecular flexibility index (Phi) is 7.97. The van der Waals surface area contributed by atoms with Crippen LogP contribution < -0.4 is 0 Å². The standard InChI is InChI=1S/C10H18N2O2.C2HF3O2/c1-4-10(13)12-5-6-14-8-9(12)7-11(2)3;3-2(4,5)1(6)7/h4,9H,1,5-8H2,2-3H3;(H,6,7). The Hall–Kier alpha value is -1.61. The first kappa shape index (κ1) is 19.4. The van der Waals surface area contributed by atoms with E-state index >= 15 is 0 Å². The van der Waals surface area contributed by atoms with Crippen molar-refractivity contribution in [2.24, 2.45) is 0 Å². The first-order valence-corrected chi connectivity index (χ1v) is 6.05. The highest BCUT2D eigenvalue weighted by molar-refractivity contribution is 5.87. The average molecular weight is 312 g/mol. The highest BCUT2D eigenvalue weighted by atomic mass is 19.4. The normalized spacial score (nSPS) is 18.8. The molecule has 1 atom stereocenters. The summed E-state index contributed by atoms with van der Waals surface area (Å²) >= 11 is 0. The van der Waals surface area contributed by atoms with Crippen LogP contribution in [0.25, 0.3) is 0 Å². The molecule has 0 radical (unpaired) electrons. The number of ether oxygens (including phenoxy) is 1. The molecule has 0 aliphatic carbocycles. The molecule has 1 saturated heterocycles. The lowest BCUT2D eigenvalue weighted by Crippen LogP contribution is -2.52. The van der Waals surface area contributed by atoms with Gasteiger partial charge in [-0.3, -0.25) is 4.79 Å². The predicted octanol–water partition coefficient (Wildman–Crippen LogP) is 0.595. The Morgan fingerprint density at radius 3 is 2.38 bits per heavy atom. The van der Waals surface area contributed by atoms with Crippen molar-refractivity contribution in [1.82, 2.24) is 9.80 Å². The van der Waals surface area contributed by atoms with Crippen LogP contribution in [0.2, 0.25) is 0 Å². The molecule has 1 amide bonds. The average Bonchev–Trinajstić information content (AvgIpc) is 2.37. The maximum Gasteiger partial charge on any atom is 0.490 e. The summed E-state index contributed by atoms with van der Waals surface area (Å²) in [5.41, 5.74) is 0. The Morgan fingerprint density at radius 1 is 1.48 bits per heavy atom. The van der Waals surface area contributed by atoms with Crippen molar-refractivity contribution in [3.05, 3.63) is 12.7 Å². The van der Waals surface area contributed by atoms with E-state index in [0.717, 1.165) is 6.54 Å². The summed E-state index contributed by atoms with van der Waals surface area (Å²) in [6, 6.07) is 0.157. The molecule has 1 aliphatic rings. The highest BCUT2D eigenvalue weighted by Gasteiger charge is 2.38. The summed E-state index contributed by atoms with van der Waals surface area (Å²) in [6.45, 7) is 6.26. The van der Waals surface area contributed by atoms with Gasteiger partial charge in [-0.25, -0.2) is 4.79 Å². The van der Waals surface area contributed by atoms with Crippen LogP contribution in [-0.4, -0.2) is 79.4 Å². The maximum atomic E-state index is 11.5. The number of likely N-dealkylation sites (N-methyl/N-ethyl adjacent to an activating group) is 1. The summed E-state index contributed by atoms with van der Waals surface area (Å²) in [5.74, 6) is -2.76. The van der Waals surface area contributed by atoms with Crippen LogP contribution >= 0.6 is 0 Å². The molecule has 21 heavy (non-hydrogen) atoms. The summed E-state index contributed by atoms with van der Waals surface area (Å²) in [6.07, 6.45) is -3.71. The SMILES string of the molecule is C=CC(=O)N1CCOCC1CN(C)C.O=C(O)C(F)(F)F. The molecule has 0 aromatic carbocycles. The van der Waals surface area contributed by atoms with Gasteiger partial charge in [0.2, 0.25) is 5.91 Å². The van der Waals surface area contributed by atoms with E-state index in [2.05, 4.69) is 11.5 Å². The van der Waals surface area contributed by atoms with Crippen molar-refractivity contribution in [3.8, 4) is 0 Å². The fourth-order valence-electron chi connectivity index (χ4n) is 1.63. The van der Waals surface area contributed by atoms with Crippen LogP contribution in [0.5, 0.6) is 0 Å². The monoisotopic (exact) mass is 312 g/mol. The number of hydrogen-bond donors (Lipinski definition) is 1. The zero-order valence-corrected chi connectivity index (χ0v) is 11.9. The van der Waals surface area contributed by atoms with Crippen molar-refractivity contribution >= 4 is 11.9 Å². The highest BCUT2D eigenvalue weighted by Crippen LogP contribution is 2.13. The number of carboxylic acid groups (broad SMARTS) is 1. The van der Waals surface area contributed by atoms with Crippen LogP contribution in [0, 0.1) is 0 Å². The lowest BCUT2D eigenvalue weighted by Gasteiger charge is -2.36. The molecule has 0 aromatic heterocycles. The van der Waals surface area contributed by atoms with E-state index in [1.54, 1.807) is 0 Å². The Bertz CT molecular complexity index is 372. The Labute approximate surface area is 120 Å². The summed E-state index contributed by atoms with van der Waals surface area (Å²) < 4.78 is 37.1. The van der Waals surface area contributed by atoms with Gasteiger partial charge in [-0.2, -0.15) is 13.2 Å². The van der Waals surface area contributed by atoms with Gasteiger partial charge < -0.3 is 19.6 Å². The molecule has 1 unspecified atom stereocenters. The fourth-order valence-corrected chi connectivity index (χ4v) is 1.63. The van der Waals surface area contributed by atoms with Gasteiger partial charge in [-0.1, -0.05) is 6.58 Å². The van der Waals surface area contributed by atoms with Crippen LogP contribution in [0.1, 0.15) is 0 Å². The van der Waals surface area contributed by atoms with Crippen LogP contribution in [0.3, 0.4) is 0 Å². The first-order chi connectivity index (χ1) is 9.59. The molecule has 0 saturated carbocycles. The van der Waals surface area contributed by atoms with E-state index in [-0.39, 0.29) is 11.9 Å². The number of carbonyl (C=O) groups excluding carboxylic acids is 1. The zero-order valence-electron chi connectivity index (χ0n) is 11.9. The van der Waals surface area contributed by atoms with Crippen LogP contribution in [0.4, 0.5) is 13.2 Å². The second kappa shape index (κ2) is 8.63. The minimum Gasteiger partial charge on any atom is -0.475 e. The molecule has 1 heterocycles. The number of hydrogen-bond acceptors (Lipinski definition) is 4. The topological polar surface area (TPSA) is 70.1 Å². The second-order valence-electron chi connectivity index (χ2n) is 4.53. The van der Waals surface area contributed by atoms with Gasteiger partial charge in [0.25, 0.3) is 0 Å². The minimum absolute atomic E-state index is 0.000139. The smallest absolute Gasteiger partial charge is 0.475 e. The minimum atomic E-state index is -5.08. The quantitative estimate of drug-likeness (QED) is 0.773. The van der Waals surface area contributed by atoms with Crippen molar-refractivity contribution in [1.29, 1.82) is 0 Å². The van der Waals surface area contributed by atoms with Crippen LogP contribution in [0.15, 0.2) is 12.7 Å². The molecule has 1 fully saturated rings. The molecule has 122 valence electrons. The third kappa shape index (κ3) is 7.66. The van der Waals surface area contributed by atoms with E-state index in [0.29, 0.717) is 19.8 Å². The zero-order chi connectivity index (χ0) is 16.6. The van der Waals surface area contributed by atoms with Crippen molar-refractivity contribution in [2.75, 3.05) is 40.4 Å². The van der Waals surface area contributed by atoms with Gasteiger partial charge in [0.1, 0.15) is 0 Å². The second-order valence-corrected chi connectivity index (χ2v) is 4.53. The lowest BCUT2D eigenvalue weighted by molar-refractivity contribution is -0.192. The van der Waals surface area contributed by atoms with Crippen molar-refractivity contribution in [2.45, 2.75) is 12.2 Å². The summed E-state index contributed by atoms with van der Waals surface area (Å²) in [7, 11) is 3.98. The van der Waals surface area contributed by atoms with E-state index in [9.17, 15) is 18.0 Å². The Morgan fingerprint density at radius 2 is 2.00 bits per heavy atom. The van der Waals surface area contributed by atoms with Crippen molar-refractivity contribution < 1.29 is 32.6 Å². The van der Waals surface area contributed by atoms with Crippen molar-refractivity contribution in [3.63, 3.8) is 0 Å². The molecule has 1 aliphatic heterocycles. The van der Waals surface area contributed by atoms with Gasteiger partial charge in [0.15, 0.2) is 0 Å². The molecular weight excluding hydrogens is 293 g/mol. The molecule has 6 nitrogen and oxygen atoms in total. The number of halogens is 3. The summed E-state index contributed by atoms with van der Waals surface area (Å²) in [5, 5.41) is 7.12. The number of morpholine rings is 1. The van der Waals surface area contributed by atoms with Gasteiger partial charge in [-0.05, 0) is 20.2 Å². The number of nitrogens with zero attached hydrogens (tertiary/aromatic N) is 2. The molecule has 9 heteroatoms. The number of carbonyl (C=O) groups is 2. The van der Waals surface area contributed by atoms with Gasteiger partial charge >= 0.3 is 12.1 Å². The van der Waals surface area contributed by atoms with Gasteiger partial charge in [-0.15, -0.1) is 0 Å². The van der Waals surface area contributed by atoms with Crippen LogP contribution in [-0.2, 0) is 14.3 Å². The molecule has 1 rings (SSSR count). The van der Waals surface area contributed by atoms with Gasteiger partial charge in [0.05, 0.1) is 19.3 Å². The third-order valence-electron chi connectivity index (χ3n) is 2.50. The number of aliphatic carboxylic acids is 1. The van der Waals surface area contributed by atoms with E-state index < -0.39 is 12.1 Å². The van der Waals surface area contributed by atoms with E-state index in [4.69, 9.17) is 14.6 Å². The molecule has 0 bridgehead atoms. The largest absolute Gasteiger partial charge is 0.490 e. The number of amides is 1. The maximum absolute atomic E-state index is 11.5. The molecule has 1 N–H and O–H groups in total. The predicted molar refractivity (Wildman–Crippen MR) is 68.8 cm³/mol. The number of carboxylic acids is 1. The molecular formula is C12H19F3N2O4. The fraction of sp³-hybridized carbons (Fsp3) is 0.667. The van der Waals surface area contributed by atoms with E-state index in [1.165, 1.54) is 6.08 Å².